The van der Waals surface area contributed by atoms with Crippen molar-refractivity contribution in [1.82, 2.24) is 5.48 Å². The van der Waals surface area contributed by atoms with Gasteiger partial charge < -0.3 is 5.73 Å². The highest BCUT2D eigenvalue weighted by Gasteiger charge is 2.10. The Morgan fingerprint density at radius 3 is 2.00 bits per heavy atom. The molecule has 56 valence electrons. The third-order valence-electron chi connectivity index (χ3n) is 0.551. The van der Waals surface area contributed by atoms with Crippen LogP contribution in [0.25, 0.3) is 0 Å². The Bertz CT molecular complexity index is 75.6. The molecule has 0 aromatic carbocycles. The van der Waals surface area contributed by atoms with Crippen molar-refractivity contribution in [2.45, 2.75) is 39.5 Å². The number of hydrogen-bond acceptors (Lipinski definition) is 3. The molecule has 0 saturated heterocycles. The third-order valence-corrected chi connectivity index (χ3v) is 0.551. The molecule has 0 bridgehead atoms. The van der Waals surface area contributed by atoms with E-state index in [4.69, 9.17) is 10.6 Å². The van der Waals surface area contributed by atoms with Crippen LogP contribution < -0.4 is 11.2 Å². The van der Waals surface area contributed by atoms with Gasteiger partial charge in [-0.3, -0.25) is 4.84 Å². The van der Waals surface area contributed by atoms with E-state index in [1.165, 1.54) is 0 Å². The number of hydrogen-bond donors (Lipinski definition) is 2. The van der Waals surface area contributed by atoms with Crippen LogP contribution in [0.2, 0.25) is 0 Å². The summed E-state index contributed by atoms with van der Waals surface area (Å²) in [7, 11) is 0. The Morgan fingerprint density at radius 1 is 1.44 bits per heavy atom. The fourth-order valence-electron chi connectivity index (χ4n) is 0.270. The van der Waals surface area contributed by atoms with Crippen molar-refractivity contribution in [3.63, 3.8) is 0 Å². The summed E-state index contributed by atoms with van der Waals surface area (Å²) in [6, 6.07) is 0. The molecule has 0 fully saturated rings. The maximum absolute atomic E-state index is 5.36. The lowest BCUT2D eigenvalue weighted by atomic mass is 10.2. The molecule has 0 saturated carbocycles. The molecule has 0 amide bonds. The van der Waals surface area contributed by atoms with E-state index in [-0.39, 0.29) is 11.8 Å². The minimum absolute atomic E-state index is 0.107. The van der Waals surface area contributed by atoms with E-state index < -0.39 is 0 Å². The molecule has 0 aromatic rings. The fourth-order valence-corrected chi connectivity index (χ4v) is 0.270. The van der Waals surface area contributed by atoms with Crippen LogP contribution in [0.4, 0.5) is 0 Å². The average Bonchev–Trinajstić information content (AvgIpc) is 1.59. The number of nitrogens with one attached hydrogen (secondary N) is 1. The topological polar surface area (TPSA) is 47.3 Å². The minimum atomic E-state index is -0.159. The van der Waals surface area contributed by atoms with Crippen LogP contribution in [0.15, 0.2) is 0 Å². The van der Waals surface area contributed by atoms with E-state index >= 15 is 0 Å². The van der Waals surface area contributed by atoms with Gasteiger partial charge in [0.2, 0.25) is 0 Å². The van der Waals surface area contributed by atoms with Crippen molar-refractivity contribution in [1.29, 1.82) is 0 Å². The Hall–Kier alpha value is -0.120. The second kappa shape index (κ2) is 3.15. The van der Waals surface area contributed by atoms with Crippen LogP contribution >= 0.6 is 0 Å². The number of nitrogens with two attached hydrogens (primary N) is 1. The van der Waals surface area contributed by atoms with Crippen LogP contribution in [0, 0.1) is 0 Å². The first kappa shape index (κ1) is 8.88. The van der Waals surface area contributed by atoms with E-state index in [0.29, 0.717) is 0 Å². The predicted octanol–water partition coefficient (Wildman–Crippen LogP) is 0.611. The minimum Gasteiger partial charge on any atom is -0.314 e. The van der Waals surface area contributed by atoms with E-state index in [9.17, 15) is 0 Å². The van der Waals surface area contributed by atoms with E-state index in [1.807, 2.05) is 27.7 Å². The smallest absolute Gasteiger partial charge is 0.0813 e. The molecule has 3 N–H and O–H groups in total. The van der Waals surface area contributed by atoms with Crippen LogP contribution in [0.5, 0.6) is 0 Å². The van der Waals surface area contributed by atoms with Crippen molar-refractivity contribution in [2.24, 2.45) is 5.73 Å². The first-order valence-electron chi connectivity index (χ1n) is 3.11. The molecule has 0 aliphatic carbocycles. The summed E-state index contributed by atoms with van der Waals surface area (Å²) >= 11 is 0. The summed E-state index contributed by atoms with van der Waals surface area (Å²) in [5.41, 5.74) is 7.87. The first-order valence-corrected chi connectivity index (χ1v) is 3.11. The van der Waals surface area contributed by atoms with Gasteiger partial charge >= 0.3 is 0 Å². The number of hydroxylamine groups is 1. The van der Waals surface area contributed by atoms with Gasteiger partial charge in [-0.25, -0.2) is 0 Å². The van der Waals surface area contributed by atoms with Crippen LogP contribution in [-0.2, 0) is 4.84 Å². The maximum atomic E-state index is 5.36. The van der Waals surface area contributed by atoms with E-state index in [2.05, 4.69) is 5.48 Å². The molecule has 0 spiro atoms. The molecule has 0 radical (unpaired) electrons. The van der Waals surface area contributed by atoms with Gasteiger partial charge in [-0.1, -0.05) is 0 Å². The molecule has 0 aliphatic rings. The van der Waals surface area contributed by atoms with Crippen LogP contribution in [-0.4, -0.2) is 11.8 Å². The molecule has 3 nitrogen and oxygen atoms in total. The molecule has 0 aromatic heterocycles. The van der Waals surface area contributed by atoms with Crippen LogP contribution in [0.3, 0.4) is 0 Å². The predicted molar refractivity (Wildman–Crippen MR) is 37.6 cm³/mol. The highest BCUT2D eigenvalue weighted by molar-refractivity contribution is 4.56. The lowest BCUT2D eigenvalue weighted by Gasteiger charge is -2.20. The quantitative estimate of drug-likeness (QED) is 0.427. The fraction of sp³-hybridized carbons (Fsp3) is 1.00. The highest BCUT2D eigenvalue weighted by Crippen LogP contribution is 2.03. The summed E-state index contributed by atoms with van der Waals surface area (Å²) < 4.78 is 0. The first-order chi connectivity index (χ1) is 3.92. The summed E-state index contributed by atoms with van der Waals surface area (Å²) in [6.07, 6.45) is -0.107. The van der Waals surface area contributed by atoms with Gasteiger partial charge in [-0.15, -0.1) is 0 Å². The zero-order chi connectivity index (χ0) is 7.49. The summed E-state index contributed by atoms with van der Waals surface area (Å²) in [5, 5.41) is 0. The molecule has 3 heteroatoms. The van der Waals surface area contributed by atoms with E-state index in [0.717, 1.165) is 0 Å². The normalized spacial score (nSPS) is 15.7. The molecule has 9 heavy (non-hydrogen) atoms. The molecule has 0 aliphatic heterocycles. The van der Waals surface area contributed by atoms with Crippen LogP contribution in [0.1, 0.15) is 27.7 Å². The Balaban J connectivity index is 3.28. The Labute approximate surface area is 56.5 Å². The maximum Gasteiger partial charge on any atom is 0.0813 e. The Kier molecular flexibility index (Phi) is 3.11. The second-order valence-corrected chi connectivity index (χ2v) is 3.12. The SMILES string of the molecule is CC(N)NOC(C)(C)C. The lowest BCUT2D eigenvalue weighted by molar-refractivity contribution is -0.0850. The molecule has 0 rings (SSSR count). The van der Waals surface area contributed by atoms with Gasteiger partial charge in [0.25, 0.3) is 0 Å². The van der Waals surface area contributed by atoms with Gasteiger partial charge in [-0.05, 0) is 27.7 Å². The van der Waals surface area contributed by atoms with Crippen molar-refractivity contribution in [2.75, 3.05) is 0 Å². The van der Waals surface area contributed by atoms with Crippen molar-refractivity contribution in [3.05, 3.63) is 0 Å². The van der Waals surface area contributed by atoms with Crippen molar-refractivity contribution < 1.29 is 4.84 Å². The highest BCUT2D eigenvalue weighted by atomic mass is 16.7. The molecule has 0 heterocycles. The largest absolute Gasteiger partial charge is 0.314 e. The monoisotopic (exact) mass is 132 g/mol. The van der Waals surface area contributed by atoms with Gasteiger partial charge in [0.15, 0.2) is 0 Å². The molecular weight excluding hydrogens is 116 g/mol. The lowest BCUT2D eigenvalue weighted by Crippen LogP contribution is -2.39. The Morgan fingerprint density at radius 2 is 1.89 bits per heavy atom. The molecule has 1 atom stereocenters. The third kappa shape index (κ3) is 7.88. The molecule has 1 unspecified atom stereocenters. The van der Waals surface area contributed by atoms with Gasteiger partial charge in [0.05, 0.1) is 11.8 Å². The summed E-state index contributed by atoms with van der Waals surface area (Å²) in [5.74, 6) is 0. The van der Waals surface area contributed by atoms with E-state index in [1.54, 1.807) is 0 Å². The average molecular weight is 132 g/mol. The van der Waals surface area contributed by atoms with Gasteiger partial charge in [-0.2, -0.15) is 5.48 Å². The van der Waals surface area contributed by atoms with Crippen molar-refractivity contribution >= 4 is 0 Å². The summed E-state index contributed by atoms with van der Waals surface area (Å²) in [6.45, 7) is 7.71. The molecular formula is C6H16N2O. The number of rotatable bonds is 2. The summed E-state index contributed by atoms with van der Waals surface area (Å²) in [4.78, 5) is 5.12. The van der Waals surface area contributed by atoms with Crippen molar-refractivity contribution in [3.8, 4) is 0 Å². The second-order valence-electron chi connectivity index (χ2n) is 3.12. The zero-order valence-electron chi connectivity index (χ0n) is 6.56. The van der Waals surface area contributed by atoms with Gasteiger partial charge in [0.1, 0.15) is 0 Å². The van der Waals surface area contributed by atoms with Gasteiger partial charge in [0, 0.05) is 0 Å². The zero-order valence-corrected chi connectivity index (χ0v) is 6.56. The standard InChI is InChI=1S/C6H16N2O/c1-5(7)8-9-6(2,3)4/h5,8H,7H2,1-4H3.